The van der Waals surface area contributed by atoms with Crippen molar-refractivity contribution in [3.8, 4) is 0 Å². The van der Waals surface area contributed by atoms with Crippen LogP contribution in [0.5, 0.6) is 0 Å². The molecule has 0 bridgehead atoms. The van der Waals surface area contributed by atoms with Gasteiger partial charge in [0.1, 0.15) is 0 Å². The van der Waals surface area contributed by atoms with Gasteiger partial charge in [0.2, 0.25) is 0 Å². The van der Waals surface area contributed by atoms with E-state index in [2.05, 4.69) is 0 Å². The van der Waals surface area contributed by atoms with Crippen molar-refractivity contribution in [3.05, 3.63) is 12.1 Å². The first-order valence-corrected chi connectivity index (χ1v) is 6.44. The highest BCUT2D eigenvalue weighted by Crippen LogP contribution is 2.37. The molecule has 0 spiro atoms. The molecule has 0 heterocycles. The van der Waals surface area contributed by atoms with Gasteiger partial charge in [0, 0.05) is 12.1 Å². The Kier molecular flexibility index (Phi) is 4.04. The molecule has 2 saturated carbocycles. The monoisotopic (exact) mass is 208 g/mol. The van der Waals surface area contributed by atoms with Crippen LogP contribution in [0.3, 0.4) is 0 Å². The summed E-state index contributed by atoms with van der Waals surface area (Å²) < 4.78 is 0. The molecule has 0 unspecified atom stereocenters. The molecule has 2 nitrogen and oxygen atoms in total. The Hall–Kier alpha value is -0.0800. The van der Waals surface area contributed by atoms with Gasteiger partial charge in [-0.3, -0.25) is 0 Å². The van der Waals surface area contributed by atoms with Gasteiger partial charge in [0.25, 0.3) is 0 Å². The zero-order chi connectivity index (χ0) is 10.7. The number of rotatable bonds is 2. The van der Waals surface area contributed by atoms with Crippen LogP contribution in [0.15, 0.2) is 0 Å². The summed E-state index contributed by atoms with van der Waals surface area (Å²) in [4.78, 5) is 0. The third kappa shape index (κ3) is 3.46. The molecule has 0 atom stereocenters. The third-order valence-electron chi connectivity index (χ3n) is 4.16. The first-order valence-electron chi connectivity index (χ1n) is 6.44. The van der Waals surface area contributed by atoms with Crippen LogP contribution in [0.4, 0.5) is 0 Å². The van der Waals surface area contributed by atoms with Crippen LogP contribution in [0, 0.1) is 23.9 Å². The fourth-order valence-electron chi connectivity index (χ4n) is 3.04. The minimum Gasteiger partial charge on any atom is -0.324 e. The maximum absolute atomic E-state index is 5.85. The van der Waals surface area contributed by atoms with E-state index >= 15 is 0 Å². The topological polar surface area (TPSA) is 52.0 Å². The Bertz CT molecular complexity index is 157. The second-order valence-corrected chi connectivity index (χ2v) is 5.44. The van der Waals surface area contributed by atoms with Crippen LogP contribution in [0.2, 0.25) is 0 Å². The lowest BCUT2D eigenvalue weighted by Crippen LogP contribution is -2.24. The Labute approximate surface area is 93.8 Å². The molecule has 0 amide bonds. The van der Waals surface area contributed by atoms with Gasteiger partial charge in [-0.05, 0) is 69.6 Å². The Morgan fingerprint density at radius 1 is 0.733 bits per heavy atom. The minimum absolute atomic E-state index is 0.946. The molecule has 0 aromatic rings. The van der Waals surface area contributed by atoms with Gasteiger partial charge >= 0.3 is 0 Å². The highest BCUT2D eigenvalue weighted by Gasteiger charge is 2.25. The SMILES string of the molecule is N[C]1CCC(CC2CC[C](N)CC2)CC1. The first kappa shape index (κ1) is 11.4. The predicted octanol–water partition coefficient (Wildman–Crippen LogP) is 2.74. The van der Waals surface area contributed by atoms with Crippen molar-refractivity contribution >= 4 is 0 Å². The average Bonchev–Trinajstić information content (AvgIpc) is 2.25. The van der Waals surface area contributed by atoms with Gasteiger partial charge in [-0.1, -0.05) is 0 Å². The van der Waals surface area contributed by atoms with Crippen LogP contribution < -0.4 is 11.5 Å². The van der Waals surface area contributed by atoms with E-state index in [0.29, 0.717) is 0 Å². The van der Waals surface area contributed by atoms with Gasteiger partial charge in [-0.25, -0.2) is 0 Å². The molecule has 2 rings (SSSR count). The van der Waals surface area contributed by atoms with Gasteiger partial charge in [-0.15, -0.1) is 0 Å². The highest BCUT2D eigenvalue weighted by molar-refractivity contribution is 4.92. The highest BCUT2D eigenvalue weighted by atomic mass is 14.6. The van der Waals surface area contributed by atoms with E-state index in [1.807, 2.05) is 0 Å². The molecular formula is C13H24N2. The summed E-state index contributed by atoms with van der Waals surface area (Å²) in [6.45, 7) is 0. The molecule has 4 N–H and O–H groups in total. The molecule has 86 valence electrons. The quantitative estimate of drug-likeness (QED) is 0.733. The molecule has 15 heavy (non-hydrogen) atoms. The van der Waals surface area contributed by atoms with Crippen molar-refractivity contribution in [2.45, 2.75) is 57.8 Å². The van der Waals surface area contributed by atoms with E-state index in [4.69, 9.17) is 11.5 Å². The van der Waals surface area contributed by atoms with E-state index in [1.165, 1.54) is 69.9 Å². The zero-order valence-electron chi connectivity index (χ0n) is 9.67. The Morgan fingerprint density at radius 2 is 1.07 bits per heavy atom. The lowest BCUT2D eigenvalue weighted by molar-refractivity contribution is 0.257. The van der Waals surface area contributed by atoms with Crippen molar-refractivity contribution < 1.29 is 0 Å². The van der Waals surface area contributed by atoms with Crippen molar-refractivity contribution in [2.24, 2.45) is 23.3 Å². The van der Waals surface area contributed by atoms with Crippen molar-refractivity contribution in [1.82, 2.24) is 0 Å². The maximum Gasteiger partial charge on any atom is 0.0337 e. The number of hydrogen-bond donors (Lipinski definition) is 2. The molecule has 2 fully saturated rings. The van der Waals surface area contributed by atoms with E-state index in [9.17, 15) is 0 Å². The van der Waals surface area contributed by atoms with Gasteiger partial charge in [0.05, 0.1) is 0 Å². The lowest BCUT2D eigenvalue weighted by Gasteiger charge is -2.31. The van der Waals surface area contributed by atoms with E-state index in [1.54, 1.807) is 0 Å². The van der Waals surface area contributed by atoms with Gasteiger partial charge in [-0.2, -0.15) is 0 Å². The molecule has 0 aliphatic heterocycles. The van der Waals surface area contributed by atoms with Crippen molar-refractivity contribution in [1.29, 1.82) is 0 Å². The average molecular weight is 208 g/mol. The molecule has 0 aromatic carbocycles. The molecular weight excluding hydrogens is 184 g/mol. The van der Waals surface area contributed by atoms with Crippen molar-refractivity contribution in [3.63, 3.8) is 0 Å². The molecule has 2 heteroatoms. The molecule has 2 radical (unpaired) electrons. The fourth-order valence-corrected chi connectivity index (χ4v) is 3.04. The van der Waals surface area contributed by atoms with E-state index < -0.39 is 0 Å². The summed E-state index contributed by atoms with van der Waals surface area (Å²) in [5.41, 5.74) is 11.7. The number of hydrogen-bond acceptors (Lipinski definition) is 2. The maximum atomic E-state index is 5.85. The van der Waals surface area contributed by atoms with Crippen LogP contribution >= 0.6 is 0 Å². The van der Waals surface area contributed by atoms with Crippen molar-refractivity contribution in [2.75, 3.05) is 0 Å². The molecule has 2 aliphatic carbocycles. The predicted molar refractivity (Wildman–Crippen MR) is 63.4 cm³/mol. The molecule has 0 aromatic heterocycles. The summed E-state index contributed by atoms with van der Waals surface area (Å²) in [5.74, 6) is 1.89. The normalized spacial score (nSPS) is 28.4. The Balaban J connectivity index is 1.68. The van der Waals surface area contributed by atoms with Crippen LogP contribution in [-0.4, -0.2) is 0 Å². The zero-order valence-corrected chi connectivity index (χ0v) is 9.67. The van der Waals surface area contributed by atoms with Gasteiger partial charge in [0.15, 0.2) is 0 Å². The van der Waals surface area contributed by atoms with Crippen LogP contribution in [0.25, 0.3) is 0 Å². The van der Waals surface area contributed by atoms with Crippen LogP contribution in [-0.2, 0) is 0 Å². The van der Waals surface area contributed by atoms with E-state index in [-0.39, 0.29) is 0 Å². The third-order valence-corrected chi connectivity index (χ3v) is 4.16. The first-order chi connectivity index (χ1) is 7.24. The summed E-state index contributed by atoms with van der Waals surface area (Å²) in [7, 11) is 0. The van der Waals surface area contributed by atoms with E-state index in [0.717, 1.165) is 11.8 Å². The molecule has 0 saturated heterocycles. The lowest BCUT2D eigenvalue weighted by atomic mass is 9.76. The summed E-state index contributed by atoms with van der Waals surface area (Å²) in [6.07, 6.45) is 11.5. The summed E-state index contributed by atoms with van der Waals surface area (Å²) in [5, 5.41) is 0. The second-order valence-electron chi connectivity index (χ2n) is 5.44. The van der Waals surface area contributed by atoms with Crippen LogP contribution in [0.1, 0.15) is 57.8 Å². The second kappa shape index (κ2) is 5.31. The standard InChI is InChI=1S/C13H24N2/c14-12-5-1-10(2-6-12)9-11-3-7-13(15)8-4-11/h10-11H,1-9,14-15H2. The molecule has 2 aliphatic rings. The summed E-state index contributed by atoms with van der Waals surface area (Å²) >= 11 is 0. The van der Waals surface area contributed by atoms with Gasteiger partial charge < -0.3 is 11.5 Å². The fraction of sp³-hybridized carbons (Fsp3) is 0.846. The minimum atomic E-state index is 0.946. The largest absolute Gasteiger partial charge is 0.324 e. The summed E-state index contributed by atoms with van der Waals surface area (Å²) in [6, 6.07) is 2.46. The smallest absolute Gasteiger partial charge is 0.0337 e. The Morgan fingerprint density at radius 3 is 1.40 bits per heavy atom. The number of nitrogens with two attached hydrogens (primary N) is 2.